The first-order valence-corrected chi connectivity index (χ1v) is 6.96. The van der Waals surface area contributed by atoms with Gasteiger partial charge in [0.1, 0.15) is 0 Å². The zero-order valence-electron chi connectivity index (χ0n) is 10.1. The molecular weight excluding hydrogens is 343 g/mol. The second-order valence-corrected chi connectivity index (χ2v) is 5.69. The number of likely N-dealkylation sites (tertiary alicyclic amines) is 1. The van der Waals surface area contributed by atoms with E-state index in [1.165, 1.54) is 6.92 Å². The second kappa shape index (κ2) is 5.69. The molecule has 1 N–H and O–H groups in total. The van der Waals surface area contributed by atoms with E-state index in [0.717, 1.165) is 9.99 Å². The molecule has 0 radical (unpaired) electrons. The van der Waals surface area contributed by atoms with Gasteiger partial charge in [0, 0.05) is 35.2 Å². The average Bonchev–Trinajstić information content (AvgIpc) is 2.76. The van der Waals surface area contributed by atoms with Crippen molar-refractivity contribution in [1.29, 1.82) is 0 Å². The molecule has 1 aromatic carbocycles. The Balaban J connectivity index is 1.99. The van der Waals surface area contributed by atoms with Gasteiger partial charge in [-0.05, 0) is 53.3 Å². The molecule has 1 aliphatic heterocycles. The van der Waals surface area contributed by atoms with Crippen LogP contribution in [0, 0.1) is 3.57 Å². The molecule has 2 rings (SSSR count). The minimum Gasteiger partial charge on any atom is -0.352 e. The molecule has 0 aliphatic carbocycles. The molecule has 96 valence electrons. The van der Waals surface area contributed by atoms with Gasteiger partial charge < -0.3 is 10.2 Å². The summed E-state index contributed by atoms with van der Waals surface area (Å²) in [5, 5.41) is 2.85. The number of carbonyl (C=O) groups excluding carboxylic acids is 2. The number of hydrogen-bond acceptors (Lipinski definition) is 2. The van der Waals surface area contributed by atoms with E-state index < -0.39 is 0 Å². The van der Waals surface area contributed by atoms with Crippen molar-refractivity contribution in [1.82, 2.24) is 10.2 Å². The molecule has 0 spiro atoms. The van der Waals surface area contributed by atoms with E-state index >= 15 is 0 Å². The smallest absolute Gasteiger partial charge is 0.253 e. The molecule has 1 aliphatic rings. The lowest BCUT2D eigenvalue weighted by Crippen LogP contribution is -2.37. The maximum absolute atomic E-state index is 12.2. The van der Waals surface area contributed by atoms with Crippen LogP contribution in [0.1, 0.15) is 23.7 Å². The van der Waals surface area contributed by atoms with Crippen LogP contribution in [0.3, 0.4) is 0 Å². The van der Waals surface area contributed by atoms with Gasteiger partial charge >= 0.3 is 0 Å². The third-order valence-electron chi connectivity index (χ3n) is 2.97. The van der Waals surface area contributed by atoms with Crippen LogP contribution in [0.15, 0.2) is 24.3 Å². The lowest BCUT2D eigenvalue weighted by atomic mass is 10.2. The molecule has 1 saturated heterocycles. The maximum atomic E-state index is 12.2. The van der Waals surface area contributed by atoms with E-state index in [2.05, 4.69) is 27.9 Å². The van der Waals surface area contributed by atoms with Gasteiger partial charge in [-0.15, -0.1) is 0 Å². The number of benzene rings is 1. The lowest BCUT2D eigenvalue weighted by molar-refractivity contribution is -0.119. The molecule has 1 aromatic rings. The molecule has 4 nitrogen and oxygen atoms in total. The molecule has 0 aromatic heterocycles. The summed E-state index contributed by atoms with van der Waals surface area (Å²) < 4.78 is 1.11. The first-order valence-electron chi connectivity index (χ1n) is 5.88. The van der Waals surface area contributed by atoms with E-state index in [1.54, 1.807) is 4.90 Å². The van der Waals surface area contributed by atoms with E-state index in [1.807, 2.05) is 24.3 Å². The minimum absolute atomic E-state index is 0.0384. The molecule has 0 bridgehead atoms. The van der Waals surface area contributed by atoms with Crippen LogP contribution < -0.4 is 5.32 Å². The van der Waals surface area contributed by atoms with Crippen LogP contribution in [0.2, 0.25) is 0 Å². The number of nitrogens with one attached hydrogen (secondary N) is 1. The van der Waals surface area contributed by atoms with Gasteiger partial charge in [0.25, 0.3) is 5.91 Å². The zero-order chi connectivity index (χ0) is 13.1. The highest BCUT2D eigenvalue weighted by Gasteiger charge is 2.27. The fraction of sp³-hybridized carbons (Fsp3) is 0.385. The number of nitrogens with zero attached hydrogens (tertiary/aromatic N) is 1. The summed E-state index contributed by atoms with van der Waals surface area (Å²) in [6, 6.07) is 7.63. The van der Waals surface area contributed by atoms with Crippen LogP contribution in [-0.4, -0.2) is 35.8 Å². The molecule has 0 saturated carbocycles. The predicted molar refractivity (Wildman–Crippen MR) is 77.3 cm³/mol. The third-order valence-corrected chi connectivity index (χ3v) is 3.69. The van der Waals surface area contributed by atoms with Crippen LogP contribution in [0.5, 0.6) is 0 Å². The highest BCUT2D eigenvalue weighted by Crippen LogP contribution is 2.15. The fourth-order valence-corrected chi connectivity index (χ4v) is 2.48. The number of amides is 2. The summed E-state index contributed by atoms with van der Waals surface area (Å²) in [4.78, 5) is 25.0. The molecular formula is C13H15IN2O2. The van der Waals surface area contributed by atoms with Gasteiger partial charge in [-0.2, -0.15) is 0 Å². The number of hydrogen-bond donors (Lipinski definition) is 1. The van der Waals surface area contributed by atoms with Gasteiger partial charge in [-0.1, -0.05) is 0 Å². The Morgan fingerprint density at radius 1 is 1.33 bits per heavy atom. The monoisotopic (exact) mass is 358 g/mol. The summed E-state index contributed by atoms with van der Waals surface area (Å²) in [6.45, 7) is 2.81. The van der Waals surface area contributed by atoms with Gasteiger partial charge in [0.2, 0.25) is 5.91 Å². The normalized spacial score (nSPS) is 18.8. The Morgan fingerprint density at radius 3 is 2.61 bits per heavy atom. The maximum Gasteiger partial charge on any atom is 0.253 e. The molecule has 1 fully saturated rings. The van der Waals surface area contributed by atoms with Crippen molar-refractivity contribution in [3.63, 3.8) is 0 Å². The summed E-state index contributed by atoms with van der Waals surface area (Å²) >= 11 is 2.21. The minimum atomic E-state index is -0.0384. The molecule has 1 heterocycles. The van der Waals surface area contributed by atoms with Gasteiger partial charge in [0.05, 0.1) is 0 Å². The lowest BCUT2D eigenvalue weighted by Gasteiger charge is -2.16. The summed E-state index contributed by atoms with van der Waals surface area (Å²) in [5.74, 6) is 0.00261. The van der Waals surface area contributed by atoms with E-state index in [-0.39, 0.29) is 17.9 Å². The van der Waals surface area contributed by atoms with Crippen molar-refractivity contribution in [2.75, 3.05) is 13.1 Å². The first-order chi connectivity index (χ1) is 8.56. The molecule has 2 amide bonds. The Bertz CT molecular complexity index is 459. The molecule has 18 heavy (non-hydrogen) atoms. The van der Waals surface area contributed by atoms with Gasteiger partial charge in [-0.25, -0.2) is 0 Å². The van der Waals surface area contributed by atoms with Crippen molar-refractivity contribution in [3.8, 4) is 0 Å². The van der Waals surface area contributed by atoms with Crippen LogP contribution in [0.25, 0.3) is 0 Å². The predicted octanol–water partition coefficient (Wildman–Crippen LogP) is 1.64. The second-order valence-electron chi connectivity index (χ2n) is 4.44. The first kappa shape index (κ1) is 13.3. The Morgan fingerprint density at radius 2 is 2.00 bits per heavy atom. The van der Waals surface area contributed by atoms with Gasteiger partial charge in [0.15, 0.2) is 0 Å². The largest absolute Gasteiger partial charge is 0.352 e. The molecule has 1 unspecified atom stereocenters. The number of halogens is 1. The van der Waals surface area contributed by atoms with Crippen molar-refractivity contribution < 1.29 is 9.59 Å². The van der Waals surface area contributed by atoms with Crippen molar-refractivity contribution in [3.05, 3.63) is 33.4 Å². The van der Waals surface area contributed by atoms with Crippen molar-refractivity contribution in [2.45, 2.75) is 19.4 Å². The molecule has 5 heteroatoms. The highest BCUT2D eigenvalue weighted by molar-refractivity contribution is 14.1. The van der Waals surface area contributed by atoms with Gasteiger partial charge in [-0.3, -0.25) is 9.59 Å². The zero-order valence-corrected chi connectivity index (χ0v) is 12.3. The standard InChI is InChI=1S/C13H15IN2O2/c1-9(17)15-12-6-7-16(8-12)13(18)10-2-4-11(14)5-3-10/h2-5,12H,6-8H2,1H3,(H,15,17). The fourth-order valence-electron chi connectivity index (χ4n) is 2.13. The highest BCUT2D eigenvalue weighted by atomic mass is 127. The van der Waals surface area contributed by atoms with E-state index in [0.29, 0.717) is 18.7 Å². The third kappa shape index (κ3) is 3.22. The SMILES string of the molecule is CC(=O)NC1CCN(C(=O)c2ccc(I)cc2)C1. The Kier molecular flexibility index (Phi) is 4.21. The number of carbonyl (C=O) groups is 2. The van der Waals surface area contributed by atoms with Crippen LogP contribution >= 0.6 is 22.6 Å². The number of rotatable bonds is 2. The van der Waals surface area contributed by atoms with Crippen molar-refractivity contribution >= 4 is 34.4 Å². The van der Waals surface area contributed by atoms with Crippen molar-refractivity contribution in [2.24, 2.45) is 0 Å². The van der Waals surface area contributed by atoms with E-state index in [9.17, 15) is 9.59 Å². The topological polar surface area (TPSA) is 49.4 Å². The van der Waals surface area contributed by atoms with Crippen LogP contribution in [0.4, 0.5) is 0 Å². The Hall–Kier alpha value is -1.11. The summed E-state index contributed by atoms with van der Waals surface area (Å²) in [5.41, 5.74) is 0.707. The average molecular weight is 358 g/mol. The quantitative estimate of drug-likeness (QED) is 0.818. The molecule has 1 atom stereocenters. The Labute approximate surface area is 120 Å². The van der Waals surface area contributed by atoms with Crippen LogP contribution in [-0.2, 0) is 4.79 Å². The summed E-state index contributed by atoms with van der Waals surface area (Å²) in [7, 11) is 0. The summed E-state index contributed by atoms with van der Waals surface area (Å²) in [6.07, 6.45) is 0.829. The van der Waals surface area contributed by atoms with E-state index in [4.69, 9.17) is 0 Å².